The van der Waals surface area contributed by atoms with Gasteiger partial charge in [0.1, 0.15) is 5.69 Å². The number of fused-ring (bicyclic) bond motifs is 1. The van der Waals surface area contributed by atoms with Crippen LogP contribution >= 0.6 is 0 Å². The van der Waals surface area contributed by atoms with Crippen LogP contribution in [0.5, 0.6) is 0 Å². The molecular formula is C22H28N6O2. The fourth-order valence-corrected chi connectivity index (χ4v) is 4.41. The number of hydrogen-bond acceptors (Lipinski definition) is 6. The third-order valence-electron chi connectivity index (χ3n) is 5.94. The Kier molecular flexibility index (Phi) is 5.26. The van der Waals surface area contributed by atoms with Gasteiger partial charge in [-0.3, -0.25) is 14.6 Å². The minimum absolute atomic E-state index is 0.0194. The maximum Gasteiger partial charge on any atom is 0.225 e. The van der Waals surface area contributed by atoms with Gasteiger partial charge >= 0.3 is 0 Å². The second kappa shape index (κ2) is 7.74. The van der Waals surface area contributed by atoms with Crippen LogP contribution in [-0.2, 0) is 16.0 Å². The van der Waals surface area contributed by atoms with E-state index in [9.17, 15) is 9.59 Å². The predicted octanol–water partition coefficient (Wildman–Crippen LogP) is 2.32. The largest absolute Gasteiger partial charge is 0.349 e. The molecule has 0 spiro atoms. The van der Waals surface area contributed by atoms with E-state index in [1.165, 1.54) is 0 Å². The molecule has 30 heavy (non-hydrogen) atoms. The van der Waals surface area contributed by atoms with E-state index in [0.717, 1.165) is 24.1 Å². The van der Waals surface area contributed by atoms with E-state index >= 15 is 0 Å². The van der Waals surface area contributed by atoms with Crippen molar-refractivity contribution in [3.63, 3.8) is 0 Å². The molecule has 0 aromatic carbocycles. The van der Waals surface area contributed by atoms with Gasteiger partial charge in [-0.15, -0.1) is 0 Å². The lowest BCUT2D eigenvalue weighted by Crippen LogP contribution is -2.41. The zero-order chi connectivity index (χ0) is 21.5. The van der Waals surface area contributed by atoms with Crippen LogP contribution in [-0.4, -0.2) is 49.2 Å². The van der Waals surface area contributed by atoms with Crippen LogP contribution in [0.3, 0.4) is 0 Å². The SMILES string of the molecule is CC(C)N1CC(C(=O)NC2CC(C)(C)Cc3nc(-c4cnccn4)ncc32)CC1=O. The van der Waals surface area contributed by atoms with Crippen LogP contribution in [0.4, 0.5) is 0 Å². The van der Waals surface area contributed by atoms with Crippen LogP contribution in [0.2, 0.25) is 0 Å². The molecule has 3 heterocycles. The second-order valence-corrected chi connectivity index (χ2v) is 9.33. The van der Waals surface area contributed by atoms with Crippen molar-refractivity contribution in [1.82, 2.24) is 30.2 Å². The van der Waals surface area contributed by atoms with Crippen molar-refractivity contribution in [3.05, 3.63) is 36.0 Å². The number of hydrogen-bond donors (Lipinski definition) is 1. The molecule has 2 aromatic heterocycles. The molecule has 0 bridgehead atoms. The summed E-state index contributed by atoms with van der Waals surface area (Å²) in [5.41, 5.74) is 2.48. The minimum atomic E-state index is -0.312. The average molecular weight is 409 g/mol. The molecule has 4 rings (SSSR count). The number of carbonyl (C=O) groups excluding carboxylic acids is 2. The van der Waals surface area contributed by atoms with Gasteiger partial charge in [-0.1, -0.05) is 13.8 Å². The Labute approximate surface area is 176 Å². The van der Waals surface area contributed by atoms with Crippen LogP contribution in [0.15, 0.2) is 24.8 Å². The maximum absolute atomic E-state index is 13.0. The molecule has 1 N–H and O–H groups in total. The topological polar surface area (TPSA) is 101 Å². The summed E-state index contributed by atoms with van der Waals surface area (Å²) in [7, 11) is 0. The van der Waals surface area contributed by atoms with Crippen molar-refractivity contribution in [2.75, 3.05) is 6.54 Å². The lowest BCUT2D eigenvalue weighted by molar-refractivity contribution is -0.130. The summed E-state index contributed by atoms with van der Waals surface area (Å²) in [5, 5.41) is 3.19. The molecule has 1 aliphatic heterocycles. The molecule has 158 valence electrons. The molecule has 2 unspecified atom stereocenters. The predicted molar refractivity (Wildman–Crippen MR) is 111 cm³/mol. The monoisotopic (exact) mass is 408 g/mol. The lowest BCUT2D eigenvalue weighted by Gasteiger charge is -2.36. The van der Waals surface area contributed by atoms with Crippen molar-refractivity contribution in [2.45, 2.75) is 59.0 Å². The summed E-state index contributed by atoms with van der Waals surface area (Å²) in [5.74, 6) is 0.205. The van der Waals surface area contributed by atoms with Crippen molar-refractivity contribution < 1.29 is 9.59 Å². The van der Waals surface area contributed by atoms with Gasteiger partial charge < -0.3 is 10.2 Å². The molecule has 1 fully saturated rings. The first-order valence-electron chi connectivity index (χ1n) is 10.5. The van der Waals surface area contributed by atoms with Crippen LogP contribution in [0.1, 0.15) is 57.8 Å². The summed E-state index contributed by atoms with van der Waals surface area (Å²) < 4.78 is 0. The molecule has 1 aliphatic carbocycles. The van der Waals surface area contributed by atoms with Gasteiger partial charge in [0.05, 0.1) is 23.9 Å². The number of likely N-dealkylation sites (tertiary alicyclic amines) is 1. The molecule has 0 radical (unpaired) electrons. The number of nitrogens with zero attached hydrogens (tertiary/aromatic N) is 5. The standard InChI is InChI=1S/C22H28N6O2/c1-13(2)28-12-14(7-19(28)29)21(30)27-17-9-22(3,4)8-16-15(17)10-25-20(26-16)18-11-23-5-6-24-18/h5-6,10-11,13-14,17H,7-9,12H2,1-4H3,(H,27,30). The van der Waals surface area contributed by atoms with E-state index in [0.29, 0.717) is 18.1 Å². The van der Waals surface area contributed by atoms with E-state index in [1.807, 2.05) is 13.8 Å². The smallest absolute Gasteiger partial charge is 0.225 e. The van der Waals surface area contributed by atoms with Gasteiger partial charge in [0.2, 0.25) is 11.8 Å². The van der Waals surface area contributed by atoms with Gasteiger partial charge in [0.15, 0.2) is 5.82 Å². The Balaban J connectivity index is 1.56. The summed E-state index contributed by atoms with van der Waals surface area (Å²) in [6, 6.07) is -0.0621. The quantitative estimate of drug-likeness (QED) is 0.833. The van der Waals surface area contributed by atoms with Gasteiger partial charge in [0, 0.05) is 43.2 Å². The van der Waals surface area contributed by atoms with E-state index in [-0.39, 0.29) is 41.7 Å². The molecule has 2 amide bonds. The molecule has 8 heteroatoms. The number of nitrogens with one attached hydrogen (secondary N) is 1. The Bertz CT molecular complexity index is 959. The summed E-state index contributed by atoms with van der Waals surface area (Å²) >= 11 is 0. The average Bonchev–Trinajstić information content (AvgIpc) is 3.09. The van der Waals surface area contributed by atoms with E-state index in [1.54, 1.807) is 29.7 Å². The molecular weight excluding hydrogens is 380 g/mol. The van der Waals surface area contributed by atoms with Gasteiger partial charge in [-0.2, -0.15) is 0 Å². The lowest BCUT2D eigenvalue weighted by atomic mass is 9.74. The van der Waals surface area contributed by atoms with Crippen molar-refractivity contribution >= 4 is 11.8 Å². The third-order valence-corrected chi connectivity index (χ3v) is 5.94. The Morgan fingerprint density at radius 2 is 2.03 bits per heavy atom. The fraction of sp³-hybridized carbons (Fsp3) is 0.545. The zero-order valence-corrected chi connectivity index (χ0v) is 17.9. The minimum Gasteiger partial charge on any atom is -0.349 e. The number of carbonyl (C=O) groups is 2. The fourth-order valence-electron chi connectivity index (χ4n) is 4.41. The van der Waals surface area contributed by atoms with E-state index < -0.39 is 0 Å². The summed E-state index contributed by atoms with van der Waals surface area (Å²) in [6.45, 7) is 8.79. The first kappa shape index (κ1) is 20.4. The molecule has 8 nitrogen and oxygen atoms in total. The van der Waals surface area contributed by atoms with Crippen LogP contribution in [0.25, 0.3) is 11.5 Å². The first-order chi connectivity index (χ1) is 14.2. The Hall–Kier alpha value is -2.90. The van der Waals surface area contributed by atoms with Gasteiger partial charge in [0.25, 0.3) is 0 Å². The van der Waals surface area contributed by atoms with E-state index in [2.05, 4.69) is 34.1 Å². The summed E-state index contributed by atoms with van der Waals surface area (Å²) in [6.07, 6.45) is 8.55. The highest BCUT2D eigenvalue weighted by atomic mass is 16.2. The van der Waals surface area contributed by atoms with Crippen molar-refractivity contribution in [3.8, 4) is 11.5 Å². The number of aromatic nitrogens is 4. The first-order valence-corrected chi connectivity index (χ1v) is 10.5. The molecule has 0 saturated carbocycles. The second-order valence-electron chi connectivity index (χ2n) is 9.33. The molecule has 2 atom stereocenters. The number of rotatable bonds is 4. The maximum atomic E-state index is 13.0. The van der Waals surface area contributed by atoms with Gasteiger partial charge in [-0.05, 0) is 32.1 Å². The third kappa shape index (κ3) is 4.04. The highest BCUT2D eigenvalue weighted by Gasteiger charge is 2.39. The Morgan fingerprint density at radius 1 is 1.23 bits per heavy atom. The van der Waals surface area contributed by atoms with E-state index in [4.69, 9.17) is 4.98 Å². The highest BCUT2D eigenvalue weighted by Crippen LogP contribution is 2.40. The van der Waals surface area contributed by atoms with Crippen molar-refractivity contribution in [2.24, 2.45) is 11.3 Å². The molecule has 1 saturated heterocycles. The highest BCUT2D eigenvalue weighted by molar-refractivity contribution is 5.89. The van der Waals surface area contributed by atoms with Crippen LogP contribution in [0, 0.1) is 11.3 Å². The zero-order valence-electron chi connectivity index (χ0n) is 17.9. The normalized spacial score (nSPS) is 22.8. The van der Waals surface area contributed by atoms with Crippen molar-refractivity contribution in [1.29, 1.82) is 0 Å². The molecule has 2 aromatic rings. The summed E-state index contributed by atoms with van der Waals surface area (Å²) in [4.78, 5) is 44.6. The number of amides is 2. The molecule has 2 aliphatic rings. The van der Waals surface area contributed by atoms with Gasteiger partial charge in [-0.25, -0.2) is 15.0 Å². The van der Waals surface area contributed by atoms with Crippen LogP contribution < -0.4 is 5.32 Å². The Morgan fingerprint density at radius 3 is 2.70 bits per heavy atom.